The van der Waals surface area contributed by atoms with Gasteiger partial charge in [0.1, 0.15) is 11.9 Å². The highest BCUT2D eigenvalue weighted by molar-refractivity contribution is 5.86. The molecule has 3 nitrogen and oxygen atoms in total. The first-order valence-corrected chi connectivity index (χ1v) is 8.05. The van der Waals surface area contributed by atoms with Crippen LogP contribution in [0.15, 0.2) is 54.6 Å². The standard InChI is InChI=1S/C19H23FN2O/c1-2-3-7-14-21-19(23)18(15-8-5-4-6-9-15)22-17-12-10-16(20)11-13-17/h4-6,8-13,18,22H,2-3,7,14H2,1H3,(H,21,23). The Kier molecular flexibility index (Phi) is 6.60. The first kappa shape index (κ1) is 17.0. The second kappa shape index (κ2) is 8.93. The van der Waals surface area contributed by atoms with Crippen molar-refractivity contribution in [3.8, 4) is 0 Å². The maximum Gasteiger partial charge on any atom is 0.247 e. The van der Waals surface area contributed by atoms with Gasteiger partial charge < -0.3 is 10.6 Å². The molecule has 0 saturated carbocycles. The van der Waals surface area contributed by atoms with E-state index >= 15 is 0 Å². The number of rotatable bonds is 8. The van der Waals surface area contributed by atoms with Gasteiger partial charge in [-0.15, -0.1) is 0 Å². The highest BCUT2D eigenvalue weighted by Gasteiger charge is 2.19. The fraction of sp³-hybridized carbons (Fsp3) is 0.316. The largest absolute Gasteiger partial charge is 0.370 e. The molecular weight excluding hydrogens is 291 g/mol. The molecule has 0 aromatic heterocycles. The zero-order chi connectivity index (χ0) is 16.5. The predicted octanol–water partition coefficient (Wildman–Crippen LogP) is 4.29. The van der Waals surface area contributed by atoms with Crippen LogP contribution in [0, 0.1) is 5.82 Å². The number of hydrogen-bond acceptors (Lipinski definition) is 2. The van der Waals surface area contributed by atoms with Gasteiger partial charge in [-0.2, -0.15) is 0 Å². The van der Waals surface area contributed by atoms with Gasteiger partial charge in [0, 0.05) is 12.2 Å². The summed E-state index contributed by atoms with van der Waals surface area (Å²) < 4.78 is 13.0. The van der Waals surface area contributed by atoms with Crippen LogP contribution in [0.25, 0.3) is 0 Å². The number of nitrogens with one attached hydrogen (secondary N) is 2. The fourth-order valence-electron chi connectivity index (χ4n) is 2.35. The Labute approximate surface area is 136 Å². The van der Waals surface area contributed by atoms with E-state index < -0.39 is 6.04 Å². The highest BCUT2D eigenvalue weighted by atomic mass is 19.1. The molecule has 1 unspecified atom stereocenters. The van der Waals surface area contributed by atoms with E-state index in [4.69, 9.17) is 0 Å². The Bertz CT molecular complexity index is 599. The van der Waals surface area contributed by atoms with Crippen molar-refractivity contribution >= 4 is 11.6 Å². The summed E-state index contributed by atoms with van der Waals surface area (Å²) in [7, 11) is 0. The van der Waals surface area contributed by atoms with Crippen LogP contribution in [0.1, 0.15) is 37.8 Å². The molecule has 0 radical (unpaired) electrons. The van der Waals surface area contributed by atoms with Gasteiger partial charge >= 0.3 is 0 Å². The lowest BCUT2D eigenvalue weighted by molar-refractivity contribution is -0.121. The number of unbranched alkanes of at least 4 members (excludes halogenated alkanes) is 2. The van der Waals surface area contributed by atoms with Gasteiger partial charge in [-0.1, -0.05) is 50.1 Å². The Hall–Kier alpha value is -2.36. The molecule has 2 rings (SSSR count). The maximum absolute atomic E-state index is 13.0. The monoisotopic (exact) mass is 314 g/mol. The summed E-state index contributed by atoms with van der Waals surface area (Å²) in [5.74, 6) is -0.368. The molecule has 0 heterocycles. The summed E-state index contributed by atoms with van der Waals surface area (Å²) >= 11 is 0. The molecular formula is C19H23FN2O. The lowest BCUT2D eigenvalue weighted by Crippen LogP contribution is -2.34. The van der Waals surface area contributed by atoms with E-state index in [1.807, 2.05) is 30.3 Å². The van der Waals surface area contributed by atoms with E-state index in [1.165, 1.54) is 12.1 Å². The topological polar surface area (TPSA) is 41.1 Å². The molecule has 0 aliphatic heterocycles. The number of halogens is 1. The first-order chi connectivity index (χ1) is 11.2. The van der Waals surface area contributed by atoms with Crippen molar-refractivity contribution in [3.63, 3.8) is 0 Å². The quantitative estimate of drug-likeness (QED) is 0.714. The lowest BCUT2D eigenvalue weighted by Gasteiger charge is -2.20. The summed E-state index contributed by atoms with van der Waals surface area (Å²) in [6, 6.07) is 15.1. The molecule has 1 atom stereocenters. The molecule has 0 fully saturated rings. The number of carbonyl (C=O) groups is 1. The summed E-state index contributed by atoms with van der Waals surface area (Å²) in [5.41, 5.74) is 1.59. The van der Waals surface area contributed by atoms with Gasteiger partial charge in [0.15, 0.2) is 0 Å². The molecule has 23 heavy (non-hydrogen) atoms. The zero-order valence-corrected chi connectivity index (χ0v) is 13.4. The Balaban J connectivity index is 2.08. The van der Waals surface area contributed by atoms with E-state index in [9.17, 15) is 9.18 Å². The van der Waals surface area contributed by atoms with Crippen LogP contribution in [-0.4, -0.2) is 12.5 Å². The minimum atomic E-state index is -0.497. The van der Waals surface area contributed by atoms with Crippen molar-refractivity contribution in [1.29, 1.82) is 0 Å². The minimum absolute atomic E-state index is 0.0726. The molecule has 0 bridgehead atoms. The van der Waals surface area contributed by atoms with E-state index in [0.717, 1.165) is 24.8 Å². The van der Waals surface area contributed by atoms with Crippen molar-refractivity contribution in [2.45, 2.75) is 32.2 Å². The molecule has 2 aromatic rings. The van der Waals surface area contributed by atoms with Crippen molar-refractivity contribution in [3.05, 3.63) is 66.0 Å². The Morgan fingerprint density at radius 2 is 1.74 bits per heavy atom. The molecule has 0 spiro atoms. The summed E-state index contributed by atoms with van der Waals surface area (Å²) in [5, 5.41) is 6.16. The van der Waals surface area contributed by atoms with E-state index in [0.29, 0.717) is 12.2 Å². The van der Waals surface area contributed by atoms with E-state index in [2.05, 4.69) is 17.6 Å². The number of benzene rings is 2. The highest BCUT2D eigenvalue weighted by Crippen LogP contribution is 2.20. The third kappa shape index (κ3) is 5.40. The van der Waals surface area contributed by atoms with E-state index in [-0.39, 0.29) is 11.7 Å². The molecule has 0 saturated heterocycles. The molecule has 2 aromatic carbocycles. The summed E-state index contributed by atoms with van der Waals surface area (Å²) in [4.78, 5) is 12.5. The first-order valence-electron chi connectivity index (χ1n) is 8.05. The lowest BCUT2D eigenvalue weighted by atomic mass is 10.1. The molecule has 122 valence electrons. The van der Waals surface area contributed by atoms with Crippen LogP contribution in [0.5, 0.6) is 0 Å². The molecule has 2 N–H and O–H groups in total. The average Bonchev–Trinajstić information content (AvgIpc) is 2.59. The van der Waals surface area contributed by atoms with Gasteiger partial charge in [-0.05, 0) is 36.2 Å². The Morgan fingerprint density at radius 3 is 2.39 bits per heavy atom. The van der Waals surface area contributed by atoms with Crippen LogP contribution in [0.3, 0.4) is 0 Å². The van der Waals surface area contributed by atoms with Gasteiger partial charge in [-0.25, -0.2) is 4.39 Å². The number of amides is 1. The van der Waals surface area contributed by atoms with Crippen molar-refractivity contribution in [2.24, 2.45) is 0 Å². The average molecular weight is 314 g/mol. The van der Waals surface area contributed by atoms with Gasteiger partial charge in [0.2, 0.25) is 5.91 Å². The fourth-order valence-corrected chi connectivity index (χ4v) is 2.35. The van der Waals surface area contributed by atoms with Crippen molar-refractivity contribution < 1.29 is 9.18 Å². The minimum Gasteiger partial charge on any atom is -0.370 e. The van der Waals surface area contributed by atoms with Crippen molar-refractivity contribution in [1.82, 2.24) is 5.32 Å². The second-order valence-corrected chi connectivity index (χ2v) is 5.49. The molecule has 4 heteroatoms. The van der Waals surface area contributed by atoms with Gasteiger partial charge in [-0.3, -0.25) is 4.79 Å². The van der Waals surface area contributed by atoms with Crippen LogP contribution < -0.4 is 10.6 Å². The van der Waals surface area contributed by atoms with Crippen LogP contribution in [-0.2, 0) is 4.79 Å². The number of carbonyl (C=O) groups excluding carboxylic acids is 1. The number of hydrogen-bond donors (Lipinski definition) is 2. The van der Waals surface area contributed by atoms with Crippen LogP contribution in [0.2, 0.25) is 0 Å². The third-order valence-electron chi connectivity index (χ3n) is 3.63. The Morgan fingerprint density at radius 1 is 1.04 bits per heavy atom. The predicted molar refractivity (Wildman–Crippen MR) is 91.7 cm³/mol. The molecule has 0 aliphatic rings. The third-order valence-corrected chi connectivity index (χ3v) is 3.63. The SMILES string of the molecule is CCCCCNC(=O)C(Nc1ccc(F)cc1)c1ccccc1. The zero-order valence-electron chi connectivity index (χ0n) is 13.4. The van der Waals surface area contributed by atoms with Crippen LogP contribution in [0.4, 0.5) is 10.1 Å². The smallest absolute Gasteiger partial charge is 0.247 e. The summed E-state index contributed by atoms with van der Waals surface area (Å²) in [6.45, 7) is 2.80. The normalized spacial score (nSPS) is 11.7. The van der Waals surface area contributed by atoms with E-state index in [1.54, 1.807) is 12.1 Å². The molecule has 1 amide bonds. The van der Waals surface area contributed by atoms with Crippen LogP contribution >= 0.6 is 0 Å². The second-order valence-electron chi connectivity index (χ2n) is 5.49. The van der Waals surface area contributed by atoms with Gasteiger partial charge in [0.05, 0.1) is 0 Å². The van der Waals surface area contributed by atoms with Crippen molar-refractivity contribution in [2.75, 3.05) is 11.9 Å². The van der Waals surface area contributed by atoms with Gasteiger partial charge in [0.25, 0.3) is 0 Å². The summed E-state index contributed by atoms with van der Waals surface area (Å²) in [6.07, 6.45) is 3.19. The molecule has 0 aliphatic carbocycles. The maximum atomic E-state index is 13.0. The number of anilines is 1.